The summed E-state index contributed by atoms with van der Waals surface area (Å²) in [6, 6.07) is 4.04. The number of likely N-dealkylation sites (tertiary alicyclic amines) is 1. The van der Waals surface area contributed by atoms with Crippen molar-refractivity contribution in [3.8, 4) is 0 Å². The molecule has 1 aromatic heterocycles. The topological polar surface area (TPSA) is 108 Å². The molecule has 0 unspecified atom stereocenters. The zero-order chi connectivity index (χ0) is 21.2. The molecule has 0 atom stereocenters. The van der Waals surface area contributed by atoms with Gasteiger partial charge < -0.3 is 30.0 Å². The van der Waals surface area contributed by atoms with Crippen LogP contribution in [-0.2, 0) is 16.0 Å². The quantitative estimate of drug-likeness (QED) is 0.189. The van der Waals surface area contributed by atoms with Crippen molar-refractivity contribution < 1.29 is 18.7 Å². The van der Waals surface area contributed by atoms with Gasteiger partial charge in [-0.3, -0.25) is 9.79 Å². The van der Waals surface area contributed by atoms with Gasteiger partial charge in [-0.25, -0.2) is 4.79 Å². The molecule has 1 aliphatic heterocycles. The van der Waals surface area contributed by atoms with Crippen molar-refractivity contribution in [3.63, 3.8) is 0 Å². The highest BCUT2D eigenvalue weighted by molar-refractivity contribution is 14.0. The molecule has 3 N–H and O–H groups in total. The van der Waals surface area contributed by atoms with Gasteiger partial charge in [-0.2, -0.15) is 0 Å². The molecule has 9 nitrogen and oxygen atoms in total. The maximum absolute atomic E-state index is 11.9. The highest BCUT2D eigenvalue weighted by Gasteiger charge is 2.29. The Morgan fingerprint density at radius 2 is 1.94 bits per heavy atom. The number of nitrogens with zero attached hydrogens (tertiary/aromatic N) is 2. The first-order valence-electron chi connectivity index (χ1n) is 10.9. The smallest absolute Gasteiger partial charge is 0.409 e. The van der Waals surface area contributed by atoms with E-state index in [1.165, 1.54) is 0 Å². The van der Waals surface area contributed by atoms with Gasteiger partial charge in [0.25, 0.3) is 0 Å². The first-order chi connectivity index (χ1) is 14.7. The Labute approximate surface area is 200 Å². The van der Waals surface area contributed by atoms with Crippen molar-refractivity contribution in [3.05, 3.63) is 24.2 Å². The Morgan fingerprint density at radius 3 is 2.58 bits per heavy atom. The number of rotatable bonds is 9. The van der Waals surface area contributed by atoms with Gasteiger partial charge in [0.1, 0.15) is 5.76 Å². The fourth-order valence-corrected chi connectivity index (χ4v) is 3.36. The van der Waals surface area contributed by atoms with Crippen molar-refractivity contribution >= 4 is 41.9 Å². The van der Waals surface area contributed by atoms with Crippen LogP contribution in [0.3, 0.4) is 0 Å². The van der Waals surface area contributed by atoms with Crippen LogP contribution in [0.25, 0.3) is 0 Å². The number of furan rings is 1. The lowest BCUT2D eigenvalue weighted by Crippen LogP contribution is -2.50. The van der Waals surface area contributed by atoms with E-state index in [9.17, 15) is 9.59 Å². The summed E-state index contributed by atoms with van der Waals surface area (Å²) in [7, 11) is 0. The monoisotopic (exact) mass is 547 g/mol. The molecule has 0 bridgehead atoms. The average molecular weight is 547 g/mol. The summed E-state index contributed by atoms with van der Waals surface area (Å²) in [5.41, 5.74) is 0. The van der Waals surface area contributed by atoms with Gasteiger partial charge in [0.05, 0.1) is 12.9 Å². The molecular formula is C21H34IN5O4. The summed E-state index contributed by atoms with van der Waals surface area (Å²) < 4.78 is 10.4. The Kier molecular flexibility index (Phi) is 11.0. The van der Waals surface area contributed by atoms with Crippen LogP contribution in [0, 0.1) is 5.92 Å². The molecule has 0 radical (unpaired) electrons. The lowest BCUT2D eigenvalue weighted by atomic mass is 10.1. The van der Waals surface area contributed by atoms with E-state index in [-0.39, 0.29) is 47.9 Å². The maximum atomic E-state index is 11.9. The summed E-state index contributed by atoms with van der Waals surface area (Å²) in [5.74, 6) is 1.98. The van der Waals surface area contributed by atoms with Crippen LogP contribution in [0.5, 0.6) is 0 Å². The van der Waals surface area contributed by atoms with E-state index in [0.29, 0.717) is 39.3 Å². The Balaban J connectivity index is 0.00000341. The third-order valence-corrected chi connectivity index (χ3v) is 5.23. The standard InChI is InChI=1S/C21H33N5O4.HI/c1-2-29-21(28)26-13-8-17(9-14-26)25-20(23-10-7-18-4-3-15-30-18)24-12-11-22-19(27)16-5-6-16;/h3-4,15-17H,2,5-14H2,1H3,(H,22,27)(H2,23,24,25);1H. The molecule has 2 amide bonds. The summed E-state index contributed by atoms with van der Waals surface area (Å²) in [4.78, 5) is 30.0. The zero-order valence-electron chi connectivity index (χ0n) is 18.1. The zero-order valence-corrected chi connectivity index (χ0v) is 20.4. The average Bonchev–Trinajstić information content (AvgIpc) is 3.48. The molecule has 0 spiro atoms. The highest BCUT2D eigenvalue weighted by Crippen LogP contribution is 2.28. The van der Waals surface area contributed by atoms with Crippen LogP contribution in [0.4, 0.5) is 4.79 Å². The third-order valence-electron chi connectivity index (χ3n) is 5.23. The van der Waals surface area contributed by atoms with Crippen molar-refractivity contribution in [2.24, 2.45) is 10.9 Å². The Bertz CT molecular complexity index is 701. The van der Waals surface area contributed by atoms with Crippen LogP contribution >= 0.6 is 24.0 Å². The Hall–Kier alpha value is -1.98. The van der Waals surface area contributed by atoms with Gasteiger partial charge in [0.15, 0.2) is 5.96 Å². The predicted octanol–water partition coefficient (Wildman–Crippen LogP) is 2.12. The second kappa shape index (κ2) is 13.4. The van der Waals surface area contributed by atoms with E-state index in [4.69, 9.17) is 9.15 Å². The molecule has 1 aromatic rings. The maximum Gasteiger partial charge on any atom is 0.409 e. The van der Waals surface area contributed by atoms with E-state index < -0.39 is 0 Å². The Morgan fingerprint density at radius 1 is 1.19 bits per heavy atom. The number of piperidine rings is 1. The number of amides is 2. The lowest BCUT2D eigenvalue weighted by molar-refractivity contribution is -0.122. The van der Waals surface area contributed by atoms with E-state index >= 15 is 0 Å². The fourth-order valence-electron chi connectivity index (χ4n) is 3.36. The molecule has 10 heteroatoms. The van der Waals surface area contributed by atoms with Gasteiger partial charge >= 0.3 is 6.09 Å². The largest absolute Gasteiger partial charge is 0.469 e. The van der Waals surface area contributed by atoms with Crippen LogP contribution in [-0.4, -0.2) is 68.2 Å². The molecular weight excluding hydrogens is 513 g/mol. The number of carbonyl (C=O) groups excluding carboxylic acids is 2. The third kappa shape index (κ3) is 8.96. The molecule has 0 aromatic carbocycles. The number of carbonyl (C=O) groups is 2. The van der Waals surface area contributed by atoms with Crippen molar-refractivity contribution in [2.45, 2.75) is 45.1 Å². The number of aliphatic imine (C=N–C) groups is 1. The molecule has 174 valence electrons. The van der Waals surface area contributed by atoms with E-state index in [2.05, 4.69) is 20.9 Å². The molecule has 1 saturated carbocycles. The molecule has 3 rings (SSSR count). The summed E-state index contributed by atoms with van der Waals surface area (Å²) in [6.45, 7) is 5.30. The predicted molar refractivity (Wildman–Crippen MR) is 129 cm³/mol. The minimum Gasteiger partial charge on any atom is -0.469 e. The second-order valence-corrected chi connectivity index (χ2v) is 7.66. The van der Waals surface area contributed by atoms with E-state index in [1.54, 1.807) is 11.2 Å². The SMILES string of the molecule is CCOC(=O)N1CCC(NC(=NCCc2ccco2)NCCNC(=O)C2CC2)CC1.I. The number of guanidine groups is 1. The van der Waals surface area contributed by atoms with Crippen molar-refractivity contribution in [1.29, 1.82) is 0 Å². The van der Waals surface area contributed by atoms with Gasteiger partial charge in [-0.1, -0.05) is 0 Å². The number of hydrogen-bond acceptors (Lipinski definition) is 5. The van der Waals surface area contributed by atoms with Gasteiger partial charge in [0.2, 0.25) is 5.91 Å². The second-order valence-electron chi connectivity index (χ2n) is 7.66. The molecule has 2 heterocycles. The summed E-state index contributed by atoms with van der Waals surface area (Å²) >= 11 is 0. The highest BCUT2D eigenvalue weighted by atomic mass is 127. The number of halogens is 1. The minimum absolute atomic E-state index is 0. The normalized spacial score (nSPS) is 16.9. The lowest BCUT2D eigenvalue weighted by Gasteiger charge is -2.32. The molecule has 1 saturated heterocycles. The van der Waals surface area contributed by atoms with Crippen molar-refractivity contribution in [1.82, 2.24) is 20.9 Å². The molecule has 1 aliphatic carbocycles. The van der Waals surface area contributed by atoms with Crippen LogP contribution in [0.1, 0.15) is 38.4 Å². The molecule has 2 fully saturated rings. The first-order valence-corrected chi connectivity index (χ1v) is 10.9. The van der Waals surface area contributed by atoms with Crippen LogP contribution in [0.2, 0.25) is 0 Å². The van der Waals surface area contributed by atoms with Gasteiger partial charge in [-0.15, -0.1) is 24.0 Å². The van der Waals surface area contributed by atoms with E-state index in [1.807, 2.05) is 19.1 Å². The number of nitrogens with one attached hydrogen (secondary N) is 3. The first kappa shape index (κ1) is 25.3. The van der Waals surface area contributed by atoms with Gasteiger partial charge in [-0.05, 0) is 44.7 Å². The van der Waals surface area contributed by atoms with Gasteiger partial charge in [0, 0.05) is 51.1 Å². The fraction of sp³-hybridized carbons (Fsp3) is 0.667. The van der Waals surface area contributed by atoms with Crippen LogP contribution in [0.15, 0.2) is 27.8 Å². The van der Waals surface area contributed by atoms with Crippen LogP contribution < -0.4 is 16.0 Å². The summed E-state index contributed by atoms with van der Waals surface area (Å²) in [6.07, 6.45) is 5.81. The summed E-state index contributed by atoms with van der Waals surface area (Å²) in [5, 5.41) is 9.73. The number of hydrogen-bond donors (Lipinski definition) is 3. The molecule has 2 aliphatic rings. The van der Waals surface area contributed by atoms with Crippen molar-refractivity contribution in [2.75, 3.05) is 39.3 Å². The minimum atomic E-state index is -0.243. The molecule has 31 heavy (non-hydrogen) atoms. The number of ether oxygens (including phenoxy) is 1. The van der Waals surface area contributed by atoms with E-state index in [0.717, 1.165) is 43.8 Å².